The summed E-state index contributed by atoms with van der Waals surface area (Å²) in [7, 11) is 1.64. The molecule has 1 saturated heterocycles. The molecular formula is C18H26N6O3. The number of H-pyrrole nitrogens is 1. The second kappa shape index (κ2) is 9.75. The van der Waals surface area contributed by atoms with Gasteiger partial charge in [-0.15, -0.1) is 10.2 Å². The molecule has 2 amide bonds. The van der Waals surface area contributed by atoms with Crippen LogP contribution in [0.15, 0.2) is 24.3 Å². The first-order chi connectivity index (χ1) is 13.2. The van der Waals surface area contributed by atoms with Crippen LogP contribution in [0.4, 0.5) is 4.79 Å². The van der Waals surface area contributed by atoms with Crippen molar-refractivity contribution in [1.82, 2.24) is 30.8 Å². The molecule has 9 heteroatoms. The van der Waals surface area contributed by atoms with Gasteiger partial charge in [0.15, 0.2) is 5.82 Å². The van der Waals surface area contributed by atoms with E-state index in [-0.39, 0.29) is 6.03 Å². The minimum absolute atomic E-state index is 0.0193. The maximum atomic E-state index is 12.4. The minimum atomic E-state index is -0.0193. The third-order valence-corrected chi connectivity index (χ3v) is 4.58. The van der Waals surface area contributed by atoms with Crippen LogP contribution in [0.2, 0.25) is 0 Å². The zero-order valence-corrected chi connectivity index (χ0v) is 15.6. The number of tetrazole rings is 1. The van der Waals surface area contributed by atoms with Gasteiger partial charge in [0.05, 0.1) is 13.7 Å². The SMILES string of the molecule is COc1cccc(OCC2CCCN(C(=O)NCCCc3nn[nH]n3)C2)c1. The van der Waals surface area contributed by atoms with Crippen molar-refractivity contribution in [3.63, 3.8) is 0 Å². The van der Waals surface area contributed by atoms with Gasteiger partial charge in [-0.25, -0.2) is 4.79 Å². The van der Waals surface area contributed by atoms with E-state index >= 15 is 0 Å². The van der Waals surface area contributed by atoms with Crippen LogP contribution in [-0.2, 0) is 6.42 Å². The van der Waals surface area contributed by atoms with E-state index in [1.54, 1.807) is 7.11 Å². The van der Waals surface area contributed by atoms with Crippen molar-refractivity contribution in [2.75, 3.05) is 33.4 Å². The predicted octanol–water partition coefficient (Wildman–Crippen LogP) is 1.64. The second-order valence-electron chi connectivity index (χ2n) is 6.61. The largest absolute Gasteiger partial charge is 0.497 e. The highest BCUT2D eigenvalue weighted by Crippen LogP contribution is 2.22. The van der Waals surface area contributed by atoms with E-state index in [0.29, 0.717) is 37.9 Å². The molecule has 0 bridgehead atoms. The summed E-state index contributed by atoms with van der Waals surface area (Å²) >= 11 is 0. The summed E-state index contributed by atoms with van der Waals surface area (Å²) in [4.78, 5) is 14.2. The van der Waals surface area contributed by atoms with E-state index < -0.39 is 0 Å². The number of hydrogen-bond acceptors (Lipinski definition) is 6. The fourth-order valence-electron chi connectivity index (χ4n) is 3.13. The van der Waals surface area contributed by atoms with Gasteiger partial charge in [0.25, 0.3) is 0 Å². The molecule has 1 aliphatic heterocycles. The molecule has 3 rings (SSSR count). The molecule has 0 saturated carbocycles. The monoisotopic (exact) mass is 374 g/mol. The molecule has 1 fully saturated rings. The summed E-state index contributed by atoms with van der Waals surface area (Å²) in [6.45, 7) is 2.68. The van der Waals surface area contributed by atoms with Crippen molar-refractivity contribution in [1.29, 1.82) is 0 Å². The zero-order chi connectivity index (χ0) is 18.9. The van der Waals surface area contributed by atoms with Crippen LogP contribution < -0.4 is 14.8 Å². The van der Waals surface area contributed by atoms with Crippen LogP contribution in [-0.4, -0.2) is 64.9 Å². The summed E-state index contributed by atoms with van der Waals surface area (Å²) in [6.07, 6.45) is 3.52. The number of aromatic amines is 1. The van der Waals surface area contributed by atoms with Crippen molar-refractivity contribution in [3.05, 3.63) is 30.1 Å². The second-order valence-corrected chi connectivity index (χ2v) is 6.61. The quantitative estimate of drug-likeness (QED) is 0.681. The van der Waals surface area contributed by atoms with Gasteiger partial charge < -0.3 is 19.7 Å². The molecular weight excluding hydrogens is 348 g/mol. The van der Waals surface area contributed by atoms with Crippen molar-refractivity contribution >= 4 is 6.03 Å². The minimum Gasteiger partial charge on any atom is -0.497 e. The Morgan fingerprint density at radius 1 is 1.41 bits per heavy atom. The number of carbonyl (C=O) groups excluding carboxylic acids is 1. The Morgan fingerprint density at radius 3 is 3.11 bits per heavy atom. The number of benzene rings is 1. The Balaban J connectivity index is 1.38. The van der Waals surface area contributed by atoms with E-state index in [2.05, 4.69) is 25.9 Å². The summed E-state index contributed by atoms with van der Waals surface area (Å²) in [6, 6.07) is 7.56. The molecule has 1 aliphatic rings. The molecule has 0 spiro atoms. The van der Waals surface area contributed by atoms with Crippen molar-refractivity contribution in [2.24, 2.45) is 5.92 Å². The number of piperidine rings is 1. The van der Waals surface area contributed by atoms with Crippen LogP contribution >= 0.6 is 0 Å². The third-order valence-electron chi connectivity index (χ3n) is 4.58. The molecule has 2 N–H and O–H groups in total. The zero-order valence-electron chi connectivity index (χ0n) is 15.6. The normalized spacial score (nSPS) is 16.8. The van der Waals surface area contributed by atoms with Crippen LogP contribution in [0.1, 0.15) is 25.1 Å². The summed E-state index contributed by atoms with van der Waals surface area (Å²) in [5, 5.41) is 16.7. The van der Waals surface area contributed by atoms with Crippen LogP contribution in [0.5, 0.6) is 11.5 Å². The molecule has 0 radical (unpaired) electrons. The van der Waals surface area contributed by atoms with Crippen molar-refractivity contribution in [2.45, 2.75) is 25.7 Å². The number of nitrogens with one attached hydrogen (secondary N) is 2. The Hall–Kier alpha value is -2.84. The van der Waals surface area contributed by atoms with E-state index in [1.807, 2.05) is 29.2 Å². The number of urea groups is 1. The van der Waals surface area contributed by atoms with Crippen LogP contribution in [0, 0.1) is 5.92 Å². The van der Waals surface area contributed by atoms with Crippen molar-refractivity contribution < 1.29 is 14.3 Å². The van der Waals surface area contributed by atoms with Gasteiger partial charge in [0.1, 0.15) is 11.5 Å². The smallest absolute Gasteiger partial charge is 0.317 e. The van der Waals surface area contributed by atoms with E-state index in [0.717, 1.165) is 37.3 Å². The lowest BCUT2D eigenvalue weighted by molar-refractivity contribution is 0.137. The van der Waals surface area contributed by atoms with Gasteiger partial charge in [0, 0.05) is 38.0 Å². The number of likely N-dealkylation sites (tertiary alicyclic amines) is 1. The number of rotatable bonds is 8. The maximum absolute atomic E-state index is 12.4. The van der Waals surface area contributed by atoms with Gasteiger partial charge >= 0.3 is 6.03 Å². The molecule has 1 aromatic carbocycles. The van der Waals surface area contributed by atoms with E-state index in [4.69, 9.17) is 9.47 Å². The molecule has 1 unspecified atom stereocenters. The highest BCUT2D eigenvalue weighted by molar-refractivity contribution is 5.74. The summed E-state index contributed by atoms with van der Waals surface area (Å²) in [5.41, 5.74) is 0. The number of amides is 2. The molecule has 2 heterocycles. The van der Waals surface area contributed by atoms with E-state index in [1.165, 1.54) is 0 Å². The number of carbonyl (C=O) groups is 1. The fourth-order valence-corrected chi connectivity index (χ4v) is 3.13. The predicted molar refractivity (Wildman–Crippen MR) is 98.7 cm³/mol. The van der Waals surface area contributed by atoms with Gasteiger partial charge in [-0.2, -0.15) is 5.21 Å². The number of ether oxygens (including phenoxy) is 2. The first kappa shape index (κ1) is 18.9. The van der Waals surface area contributed by atoms with E-state index in [9.17, 15) is 4.79 Å². The Kier molecular flexibility index (Phi) is 6.84. The van der Waals surface area contributed by atoms with Gasteiger partial charge in [-0.1, -0.05) is 11.3 Å². The van der Waals surface area contributed by atoms with Crippen LogP contribution in [0.3, 0.4) is 0 Å². The molecule has 9 nitrogen and oxygen atoms in total. The number of aromatic nitrogens is 4. The Morgan fingerprint density at radius 2 is 2.30 bits per heavy atom. The fraction of sp³-hybridized carbons (Fsp3) is 0.556. The summed E-state index contributed by atoms with van der Waals surface area (Å²) in [5.74, 6) is 2.56. The average Bonchev–Trinajstić information content (AvgIpc) is 3.23. The lowest BCUT2D eigenvalue weighted by atomic mass is 9.99. The number of hydrogen-bond donors (Lipinski definition) is 2. The highest BCUT2D eigenvalue weighted by atomic mass is 16.5. The number of methoxy groups -OCH3 is 1. The summed E-state index contributed by atoms with van der Waals surface area (Å²) < 4.78 is 11.1. The Labute approximate surface area is 158 Å². The lowest BCUT2D eigenvalue weighted by Crippen LogP contribution is -2.46. The van der Waals surface area contributed by atoms with Gasteiger partial charge in [-0.3, -0.25) is 0 Å². The lowest BCUT2D eigenvalue weighted by Gasteiger charge is -2.32. The Bertz CT molecular complexity index is 709. The third kappa shape index (κ3) is 5.83. The maximum Gasteiger partial charge on any atom is 0.317 e. The highest BCUT2D eigenvalue weighted by Gasteiger charge is 2.24. The first-order valence-electron chi connectivity index (χ1n) is 9.26. The standard InChI is InChI=1S/C18H26N6O3/c1-26-15-6-2-7-16(11-15)27-13-14-5-4-10-24(12-14)18(25)19-9-3-8-17-20-22-23-21-17/h2,6-7,11,14H,3-5,8-10,12-13H2,1H3,(H,19,25)(H,20,21,22,23). The van der Waals surface area contributed by atoms with Gasteiger partial charge in [0.2, 0.25) is 0 Å². The first-order valence-corrected chi connectivity index (χ1v) is 9.26. The van der Waals surface area contributed by atoms with Crippen LogP contribution in [0.25, 0.3) is 0 Å². The molecule has 27 heavy (non-hydrogen) atoms. The van der Waals surface area contributed by atoms with Crippen molar-refractivity contribution in [3.8, 4) is 11.5 Å². The van der Waals surface area contributed by atoms with Gasteiger partial charge in [-0.05, 0) is 31.4 Å². The average molecular weight is 374 g/mol. The molecule has 2 aromatic rings. The molecule has 0 aliphatic carbocycles. The number of aryl methyl sites for hydroxylation is 1. The number of nitrogens with zero attached hydrogens (tertiary/aromatic N) is 4. The molecule has 146 valence electrons. The molecule has 1 atom stereocenters. The topological polar surface area (TPSA) is 105 Å². The molecule has 1 aromatic heterocycles.